The van der Waals surface area contributed by atoms with E-state index in [1.807, 2.05) is 6.92 Å². The molecule has 3 rings (SSSR count). The van der Waals surface area contributed by atoms with Crippen LogP contribution in [0.3, 0.4) is 0 Å². The number of hydrogen-bond acceptors (Lipinski definition) is 4. The van der Waals surface area contributed by atoms with E-state index in [9.17, 15) is 14.3 Å². The summed E-state index contributed by atoms with van der Waals surface area (Å²) in [6, 6.07) is 6.51. The Kier molecular flexibility index (Phi) is 5.06. The van der Waals surface area contributed by atoms with E-state index >= 15 is 0 Å². The van der Waals surface area contributed by atoms with Crippen LogP contribution in [-0.2, 0) is 19.4 Å². The third-order valence-electron chi connectivity index (χ3n) is 4.45. The molecule has 0 fully saturated rings. The van der Waals surface area contributed by atoms with Crippen molar-refractivity contribution in [2.24, 2.45) is 0 Å². The Labute approximate surface area is 140 Å². The molecule has 0 radical (unpaired) electrons. The van der Waals surface area contributed by atoms with Gasteiger partial charge in [-0.15, -0.1) is 0 Å². The maximum atomic E-state index is 13.8. The van der Waals surface area contributed by atoms with Gasteiger partial charge in [0, 0.05) is 32.5 Å². The molecule has 24 heavy (non-hydrogen) atoms. The number of aromatic nitrogens is 2. The van der Waals surface area contributed by atoms with Crippen LogP contribution >= 0.6 is 0 Å². The van der Waals surface area contributed by atoms with Crippen molar-refractivity contribution in [2.45, 2.75) is 38.8 Å². The van der Waals surface area contributed by atoms with E-state index < -0.39 is 0 Å². The Morgan fingerprint density at radius 3 is 2.96 bits per heavy atom. The van der Waals surface area contributed by atoms with Gasteiger partial charge >= 0.3 is 0 Å². The van der Waals surface area contributed by atoms with Crippen LogP contribution in [0.1, 0.15) is 36.0 Å². The summed E-state index contributed by atoms with van der Waals surface area (Å²) in [5, 5.41) is 9.78. The molecule has 2 N–H and O–H groups in total. The van der Waals surface area contributed by atoms with Crippen molar-refractivity contribution in [3.8, 4) is 0 Å². The lowest BCUT2D eigenvalue weighted by atomic mass is 10.1. The fourth-order valence-corrected chi connectivity index (χ4v) is 3.02. The molecule has 128 valence electrons. The van der Waals surface area contributed by atoms with Crippen molar-refractivity contribution in [2.75, 3.05) is 13.1 Å². The second kappa shape index (κ2) is 7.23. The fourth-order valence-electron chi connectivity index (χ4n) is 3.02. The van der Waals surface area contributed by atoms with E-state index in [1.165, 1.54) is 6.07 Å². The molecular weight excluding hydrogens is 309 g/mol. The number of aromatic amines is 1. The Balaban J connectivity index is 1.80. The van der Waals surface area contributed by atoms with Crippen LogP contribution in [0.4, 0.5) is 4.39 Å². The number of hydrogen-bond donors (Lipinski definition) is 2. The van der Waals surface area contributed by atoms with Crippen molar-refractivity contribution < 1.29 is 9.50 Å². The summed E-state index contributed by atoms with van der Waals surface area (Å²) in [6.07, 6.45) is 1.26. The van der Waals surface area contributed by atoms with E-state index in [0.717, 1.165) is 12.2 Å². The maximum absolute atomic E-state index is 13.8. The number of aliphatic hydroxyl groups is 1. The summed E-state index contributed by atoms with van der Waals surface area (Å²) in [5.74, 6) is 0.198. The number of rotatable bonds is 5. The highest BCUT2D eigenvalue weighted by atomic mass is 19.1. The highest BCUT2D eigenvalue weighted by Gasteiger charge is 2.22. The average Bonchev–Trinajstić information content (AvgIpc) is 2.57. The molecule has 5 nitrogen and oxygen atoms in total. The minimum absolute atomic E-state index is 0.165. The van der Waals surface area contributed by atoms with Crippen LogP contribution in [0.2, 0.25) is 0 Å². The first-order valence-electron chi connectivity index (χ1n) is 8.31. The van der Waals surface area contributed by atoms with Gasteiger partial charge in [0.25, 0.3) is 5.56 Å². The number of β-amino-alcohol motifs (C(OH)–C–C–N with tert-alkyl or cyclic N) is 1. The van der Waals surface area contributed by atoms with Gasteiger partial charge < -0.3 is 10.1 Å². The van der Waals surface area contributed by atoms with Gasteiger partial charge in [-0.2, -0.15) is 0 Å². The Hall–Kier alpha value is -2.05. The molecule has 1 aromatic heterocycles. The summed E-state index contributed by atoms with van der Waals surface area (Å²) < 4.78 is 13.8. The van der Waals surface area contributed by atoms with Crippen molar-refractivity contribution in [3.05, 3.63) is 63.1 Å². The third kappa shape index (κ3) is 3.71. The standard InChI is InChI=1S/C18H22FN3O2/c1-2-13(23)10-22-8-7-16-14(11-22)18(24)21-17(20-16)9-12-5-3-4-6-15(12)19/h3-6,13,23H,2,7-11H2,1H3,(H,20,21,24)/t13-/m1/s1. The Morgan fingerprint density at radius 2 is 2.21 bits per heavy atom. The highest BCUT2D eigenvalue weighted by molar-refractivity contribution is 5.25. The summed E-state index contributed by atoms with van der Waals surface area (Å²) in [5.41, 5.74) is 1.79. The minimum atomic E-state index is -0.376. The molecule has 1 aliphatic rings. The number of benzene rings is 1. The third-order valence-corrected chi connectivity index (χ3v) is 4.45. The zero-order valence-corrected chi connectivity index (χ0v) is 13.8. The molecule has 2 aromatic rings. The van der Waals surface area contributed by atoms with Gasteiger partial charge in [-0.3, -0.25) is 9.69 Å². The smallest absolute Gasteiger partial charge is 0.255 e. The normalized spacial score (nSPS) is 16.0. The lowest BCUT2D eigenvalue weighted by molar-refractivity contribution is 0.102. The zero-order valence-electron chi connectivity index (χ0n) is 13.8. The monoisotopic (exact) mass is 331 g/mol. The molecule has 0 spiro atoms. The van der Waals surface area contributed by atoms with Crippen LogP contribution in [0, 0.1) is 5.82 Å². The minimum Gasteiger partial charge on any atom is -0.392 e. The van der Waals surface area contributed by atoms with Crippen LogP contribution in [0.25, 0.3) is 0 Å². The van der Waals surface area contributed by atoms with E-state index in [-0.39, 0.29) is 23.9 Å². The summed E-state index contributed by atoms with van der Waals surface area (Å²) >= 11 is 0. The van der Waals surface area contributed by atoms with Gasteiger partial charge in [0.1, 0.15) is 11.6 Å². The van der Waals surface area contributed by atoms with E-state index in [2.05, 4.69) is 14.9 Å². The summed E-state index contributed by atoms with van der Waals surface area (Å²) in [4.78, 5) is 21.8. The molecule has 1 aromatic carbocycles. The Morgan fingerprint density at radius 1 is 1.42 bits per heavy atom. The molecule has 0 unspecified atom stereocenters. The van der Waals surface area contributed by atoms with Crippen LogP contribution < -0.4 is 5.56 Å². The summed E-state index contributed by atoms with van der Waals surface area (Å²) in [7, 11) is 0. The zero-order chi connectivity index (χ0) is 17.1. The lowest BCUT2D eigenvalue weighted by Crippen LogP contribution is -2.40. The van der Waals surface area contributed by atoms with Crippen molar-refractivity contribution >= 4 is 0 Å². The van der Waals surface area contributed by atoms with Gasteiger partial charge in [-0.25, -0.2) is 9.37 Å². The van der Waals surface area contributed by atoms with E-state index in [1.54, 1.807) is 18.2 Å². The molecule has 0 bridgehead atoms. The van der Waals surface area contributed by atoms with E-state index in [0.29, 0.717) is 42.9 Å². The number of halogens is 1. The molecule has 0 saturated heterocycles. The van der Waals surface area contributed by atoms with Crippen LogP contribution in [-0.4, -0.2) is 39.2 Å². The van der Waals surface area contributed by atoms with Crippen molar-refractivity contribution in [1.29, 1.82) is 0 Å². The molecule has 0 aliphatic carbocycles. The number of nitrogens with zero attached hydrogens (tertiary/aromatic N) is 2. The molecule has 1 aliphatic heterocycles. The van der Waals surface area contributed by atoms with Crippen molar-refractivity contribution in [3.63, 3.8) is 0 Å². The number of nitrogens with one attached hydrogen (secondary N) is 1. The molecule has 0 amide bonds. The van der Waals surface area contributed by atoms with Gasteiger partial charge in [0.15, 0.2) is 0 Å². The number of fused-ring (bicyclic) bond motifs is 1. The molecule has 6 heteroatoms. The van der Waals surface area contributed by atoms with Crippen LogP contribution in [0.5, 0.6) is 0 Å². The lowest BCUT2D eigenvalue weighted by Gasteiger charge is -2.29. The predicted molar refractivity (Wildman–Crippen MR) is 89.3 cm³/mol. The van der Waals surface area contributed by atoms with Crippen LogP contribution in [0.15, 0.2) is 29.1 Å². The Bertz CT molecular complexity index is 775. The van der Waals surface area contributed by atoms with Gasteiger partial charge in [0.05, 0.1) is 17.4 Å². The highest BCUT2D eigenvalue weighted by Crippen LogP contribution is 2.16. The maximum Gasteiger partial charge on any atom is 0.255 e. The first kappa shape index (κ1) is 16.8. The SMILES string of the molecule is CC[C@@H](O)CN1CCc2nc(Cc3ccccc3F)[nH]c(=O)c2C1. The largest absolute Gasteiger partial charge is 0.392 e. The van der Waals surface area contributed by atoms with Crippen molar-refractivity contribution in [1.82, 2.24) is 14.9 Å². The first-order valence-corrected chi connectivity index (χ1v) is 8.31. The molecule has 0 saturated carbocycles. The quantitative estimate of drug-likeness (QED) is 0.874. The average molecular weight is 331 g/mol. The molecule has 1 atom stereocenters. The predicted octanol–water partition coefficient (Wildman–Crippen LogP) is 1.63. The second-order valence-corrected chi connectivity index (χ2v) is 6.25. The topological polar surface area (TPSA) is 69.2 Å². The van der Waals surface area contributed by atoms with Gasteiger partial charge in [-0.05, 0) is 18.1 Å². The number of aliphatic hydroxyl groups excluding tert-OH is 1. The fraction of sp³-hybridized carbons (Fsp3) is 0.444. The summed E-state index contributed by atoms with van der Waals surface area (Å²) in [6.45, 7) is 3.76. The van der Waals surface area contributed by atoms with E-state index in [4.69, 9.17) is 0 Å². The first-order chi connectivity index (χ1) is 11.6. The van der Waals surface area contributed by atoms with Gasteiger partial charge in [-0.1, -0.05) is 25.1 Å². The second-order valence-electron chi connectivity index (χ2n) is 6.25. The molecule has 2 heterocycles. The number of H-pyrrole nitrogens is 1. The van der Waals surface area contributed by atoms with Gasteiger partial charge in [0.2, 0.25) is 0 Å². The molecular formula is C18H22FN3O2.